The predicted molar refractivity (Wildman–Crippen MR) is 53.5 cm³/mol. The van der Waals surface area contributed by atoms with Crippen LogP contribution in [0.4, 0.5) is 10.1 Å². The number of nitrogens with two attached hydrogens (primary N) is 1. The van der Waals surface area contributed by atoms with Crippen molar-refractivity contribution in [3.63, 3.8) is 0 Å². The lowest BCUT2D eigenvalue weighted by Gasteiger charge is -2.02. The minimum absolute atomic E-state index is 0.0261. The summed E-state index contributed by atoms with van der Waals surface area (Å²) in [6, 6.07) is 3.63. The molecule has 0 aromatic heterocycles. The van der Waals surface area contributed by atoms with Gasteiger partial charge in [-0.25, -0.2) is 4.39 Å². The van der Waals surface area contributed by atoms with Crippen molar-refractivity contribution in [2.24, 2.45) is 5.73 Å². The van der Waals surface area contributed by atoms with E-state index in [-0.39, 0.29) is 22.7 Å². The third-order valence-corrected chi connectivity index (χ3v) is 1.79. The molecule has 0 aliphatic heterocycles. The molecule has 0 fully saturated rings. The molecule has 14 heavy (non-hydrogen) atoms. The maximum atomic E-state index is 13.2. The molecule has 1 aromatic carbocycles. The Labute approximate surface area is 84.7 Å². The first-order valence-corrected chi connectivity index (χ1v) is 4.13. The van der Waals surface area contributed by atoms with Crippen molar-refractivity contribution >= 4 is 22.9 Å². The molecule has 0 bridgehead atoms. The fraction of sp³-hybridized carbons (Fsp3) is 0.125. The lowest BCUT2D eigenvalue weighted by Crippen LogP contribution is -2.13. The monoisotopic (exact) mass is 214 g/mol. The largest absolute Gasteiger partial charge is 0.393 e. The van der Waals surface area contributed by atoms with Crippen LogP contribution in [0.1, 0.15) is 5.56 Å². The Bertz CT molecular complexity index is 395. The van der Waals surface area contributed by atoms with Crippen LogP contribution in [0.5, 0.6) is 0 Å². The molecule has 1 rings (SSSR count). The van der Waals surface area contributed by atoms with Gasteiger partial charge in [-0.1, -0.05) is 18.3 Å². The maximum absolute atomic E-state index is 13.2. The summed E-state index contributed by atoms with van der Waals surface area (Å²) in [4.78, 5) is 9.88. The zero-order valence-electron chi connectivity index (χ0n) is 7.07. The fourth-order valence-electron chi connectivity index (χ4n) is 1.07. The molecular weight excluding hydrogens is 207 g/mol. The predicted octanol–water partition coefficient (Wildman–Crippen LogP) is 1.56. The third-order valence-electron chi connectivity index (χ3n) is 1.64. The van der Waals surface area contributed by atoms with Crippen molar-refractivity contribution in [3.8, 4) is 0 Å². The van der Waals surface area contributed by atoms with Crippen molar-refractivity contribution < 1.29 is 9.31 Å². The molecule has 0 unspecified atom stereocenters. The highest BCUT2D eigenvalue weighted by molar-refractivity contribution is 7.80. The summed E-state index contributed by atoms with van der Waals surface area (Å²) in [5.41, 5.74) is 4.85. The third kappa shape index (κ3) is 2.23. The van der Waals surface area contributed by atoms with E-state index in [1.54, 1.807) is 0 Å². The van der Waals surface area contributed by atoms with Crippen LogP contribution in [-0.4, -0.2) is 9.91 Å². The lowest BCUT2D eigenvalue weighted by atomic mass is 10.1. The average Bonchev–Trinajstić information content (AvgIpc) is 2.07. The van der Waals surface area contributed by atoms with Gasteiger partial charge < -0.3 is 5.73 Å². The number of benzene rings is 1. The summed E-state index contributed by atoms with van der Waals surface area (Å²) in [6.07, 6.45) is -0.0989. The van der Waals surface area contributed by atoms with Gasteiger partial charge in [0.2, 0.25) is 0 Å². The van der Waals surface area contributed by atoms with Crippen LogP contribution in [0.15, 0.2) is 18.2 Å². The second kappa shape index (κ2) is 4.10. The zero-order valence-corrected chi connectivity index (χ0v) is 7.88. The summed E-state index contributed by atoms with van der Waals surface area (Å²) < 4.78 is 13.2. The summed E-state index contributed by atoms with van der Waals surface area (Å²) in [6.45, 7) is 0. The average molecular weight is 214 g/mol. The van der Waals surface area contributed by atoms with Crippen LogP contribution in [0.3, 0.4) is 0 Å². The van der Waals surface area contributed by atoms with Gasteiger partial charge in [0, 0.05) is 12.5 Å². The van der Waals surface area contributed by atoms with Crippen molar-refractivity contribution in [1.82, 2.24) is 0 Å². The molecule has 0 amide bonds. The van der Waals surface area contributed by atoms with E-state index in [0.29, 0.717) is 0 Å². The van der Waals surface area contributed by atoms with Gasteiger partial charge in [0.25, 0.3) is 5.69 Å². The molecule has 0 aliphatic rings. The molecule has 0 saturated heterocycles. The van der Waals surface area contributed by atoms with E-state index in [2.05, 4.69) is 12.2 Å². The van der Waals surface area contributed by atoms with Gasteiger partial charge in [-0.15, -0.1) is 0 Å². The number of nitrogens with zero attached hydrogens (tertiary/aromatic N) is 1. The molecule has 0 aliphatic carbocycles. The molecule has 6 heteroatoms. The molecule has 0 spiro atoms. The second-order valence-corrected chi connectivity index (χ2v) is 3.16. The Balaban J connectivity index is 3.22. The van der Waals surface area contributed by atoms with Gasteiger partial charge in [0.05, 0.1) is 15.5 Å². The number of nitro benzene ring substituents is 1. The lowest BCUT2D eigenvalue weighted by molar-refractivity contribution is -0.385. The number of thiocarbonyl (C=S) groups is 1. The first-order chi connectivity index (χ1) is 6.52. The van der Waals surface area contributed by atoms with Crippen LogP contribution in [0.2, 0.25) is 0 Å². The minimum atomic E-state index is -0.660. The number of hydrogen-bond donors (Lipinski definition) is 1. The van der Waals surface area contributed by atoms with E-state index < -0.39 is 10.7 Å². The molecule has 74 valence electrons. The number of hydrogen-bond acceptors (Lipinski definition) is 3. The standard InChI is InChI=1S/C8H7FN2O2S/c9-6-2-1-3-7(11(12)13)5(6)4-8(10)14/h1-3H,4H2,(H2,10,14). The van der Waals surface area contributed by atoms with Crippen molar-refractivity contribution in [3.05, 3.63) is 39.7 Å². The molecule has 0 saturated carbocycles. The smallest absolute Gasteiger partial charge is 0.275 e. The topological polar surface area (TPSA) is 69.2 Å². The summed E-state index contributed by atoms with van der Waals surface area (Å²) >= 11 is 4.57. The number of rotatable bonds is 3. The van der Waals surface area contributed by atoms with E-state index in [1.807, 2.05) is 0 Å². The van der Waals surface area contributed by atoms with Gasteiger partial charge >= 0.3 is 0 Å². The molecule has 0 atom stereocenters. The van der Waals surface area contributed by atoms with Crippen molar-refractivity contribution in [2.75, 3.05) is 0 Å². The molecule has 1 aromatic rings. The van der Waals surface area contributed by atoms with E-state index in [0.717, 1.165) is 6.07 Å². The van der Waals surface area contributed by atoms with Gasteiger partial charge in [-0.3, -0.25) is 10.1 Å². The van der Waals surface area contributed by atoms with Gasteiger partial charge in [0.15, 0.2) is 0 Å². The molecule has 0 heterocycles. The quantitative estimate of drug-likeness (QED) is 0.471. The van der Waals surface area contributed by atoms with Crippen LogP contribution < -0.4 is 5.73 Å². The van der Waals surface area contributed by atoms with E-state index in [9.17, 15) is 14.5 Å². The number of nitro groups is 1. The first kappa shape index (κ1) is 10.5. The maximum Gasteiger partial charge on any atom is 0.275 e. The van der Waals surface area contributed by atoms with Crippen LogP contribution in [-0.2, 0) is 6.42 Å². The van der Waals surface area contributed by atoms with Crippen molar-refractivity contribution in [1.29, 1.82) is 0 Å². The summed E-state index contributed by atoms with van der Waals surface area (Å²) in [7, 11) is 0. The molecule has 0 radical (unpaired) electrons. The highest BCUT2D eigenvalue weighted by Crippen LogP contribution is 2.21. The van der Waals surface area contributed by atoms with Gasteiger partial charge in [-0.2, -0.15) is 0 Å². The normalized spacial score (nSPS) is 9.79. The first-order valence-electron chi connectivity index (χ1n) is 3.72. The molecule has 4 nitrogen and oxygen atoms in total. The van der Waals surface area contributed by atoms with Crippen LogP contribution >= 0.6 is 12.2 Å². The Morgan fingerprint density at radius 1 is 1.64 bits per heavy atom. The fourth-order valence-corrected chi connectivity index (χ4v) is 1.21. The van der Waals surface area contributed by atoms with E-state index in [1.165, 1.54) is 12.1 Å². The Morgan fingerprint density at radius 3 is 2.79 bits per heavy atom. The number of halogens is 1. The van der Waals surface area contributed by atoms with E-state index in [4.69, 9.17) is 5.73 Å². The van der Waals surface area contributed by atoms with Crippen LogP contribution in [0.25, 0.3) is 0 Å². The highest BCUT2D eigenvalue weighted by atomic mass is 32.1. The summed E-state index contributed by atoms with van der Waals surface area (Å²) in [5, 5.41) is 10.5. The van der Waals surface area contributed by atoms with E-state index >= 15 is 0 Å². The van der Waals surface area contributed by atoms with Gasteiger partial charge in [0.1, 0.15) is 5.82 Å². The van der Waals surface area contributed by atoms with Crippen LogP contribution in [0, 0.1) is 15.9 Å². The summed E-state index contributed by atoms with van der Waals surface area (Å²) in [5.74, 6) is -0.660. The zero-order chi connectivity index (χ0) is 10.7. The van der Waals surface area contributed by atoms with Crippen molar-refractivity contribution in [2.45, 2.75) is 6.42 Å². The Hall–Kier alpha value is -1.56. The van der Waals surface area contributed by atoms with Gasteiger partial charge in [-0.05, 0) is 6.07 Å². The second-order valence-electron chi connectivity index (χ2n) is 2.64. The minimum Gasteiger partial charge on any atom is -0.393 e. The molecule has 2 N–H and O–H groups in total. The Morgan fingerprint density at radius 2 is 2.29 bits per heavy atom. The molecular formula is C8H7FN2O2S. The SMILES string of the molecule is NC(=S)Cc1c(F)cccc1[N+](=O)[O-]. The highest BCUT2D eigenvalue weighted by Gasteiger charge is 2.17. The Kier molecular flexibility index (Phi) is 3.08.